The average molecular weight is 857 g/mol. The van der Waals surface area contributed by atoms with Crippen molar-refractivity contribution in [1.29, 1.82) is 0 Å². The van der Waals surface area contributed by atoms with E-state index in [2.05, 4.69) is 249 Å². The molecule has 0 heteroatoms. The monoisotopic (exact) mass is 857 g/mol. The van der Waals surface area contributed by atoms with Gasteiger partial charge in [-0.05, 0) is 152 Å². The molecule has 1 fully saturated rings. The Kier molecular flexibility index (Phi) is 13.0. The lowest BCUT2D eigenvalue weighted by molar-refractivity contribution is 0.421. The fraction of sp³-hybridized carbons (Fsp3) is 0.212. The van der Waals surface area contributed by atoms with Gasteiger partial charge in [-0.15, -0.1) is 0 Å². The Hall–Kier alpha value is -6.76. The van der Waals surface area contributed by atoms with E-state index in [0.717, 1.165) is 0 Å². The first-order chi connectivity index (χ1) is 32.1. The minimum absolute atomic E-state index is 0.0709. The van der Waals surface area contributed by atoms with Gasteiger partial charge < -0.3 is 0 Å². The summed E-state index contributed by atoms with van der Waals surface area (Å²) in [5, 5.41) is 2.76. The first-order valence-electron chi connectivity index (χ1n) is 24.3. The van der Waals surface area contributed by atoms with Crippen LogP contribution in [0.25, 0.3) is 66.4 Å². The molecule has 1 saturated carbocycles. The molecule has 1 unspecified atom stereocenters. The third-order valence-electron chi connectivity index (χ3n) is 14.5. The maximum Gasteiger partial charge on any atom is 0.0159 e. The van der Waals surface area contributed by atoms with E-state index in [9.17, 15) is 0 Å². The zero-order chi connectivity index (χ0) is 45.8. The first kappa shape index (κ1) is 44.4. The van der Waals surface area contributed by atoms with Crippen LogP contribution >= 0.6 is 0 Å². The minimum atomic E-state index is 0.0709. The predicted octanol–water partition coefficient (Wildman–Crippen LogP) is 18.9. The van der Waals surface area contributed by atoms with Crippen LogP contribution in [0.4, 0.5) is 0 Å². The van der Waals surface area contributed by atoms with Crippen molar-refractivity contribution in [3.8, 4) is 55.6 Å². The first-order valence-corrected chi connectivity index (χ1v) is 24.3. The number of rotatable bonds is 7. The second kappa shape index (κ2) is 19.4. The molecule has 2 aliphatic rings. The highest BCUT2D eigenvalue weighted by molar-refractivity contribution is 5.87. The Balaban J connectivity index is 0.000000133. The molecule has 0 N–H and O–H groups in total. The van der Waals surface area contributed by atoms with E-state index in [1.807, 2.05) is 0 Å². The lowest BCUT2D eigenvalue weighted by Crippen LogP contribution is -2.15. The Morgan fingerprint density at radius 2 is 0.985 bits per heavy atom. The van der Waals surface area contributed by atoms with E-state index in [1.54, 1.807) is 5.56 Å². The minimum Gasteiger partial charge on any atom is -0.0648 e. The highest BCUT2D eigenvalue weighted by Gasteiger charge is 2.35. The van der Waals surface area contributed by atoms with Gasteiger partial charge in [-0.3, -0.25) is 0 Å². The van der Waals surface area contributed by atoms with Crippen molar-refractivity contribution in [3.05, 3.63) is 239 Å². The molecule has 0 nitrogen and oxygen atoms in total. The summed E-state index contributed by atoms with van der Waals surface area (Å²) < 4.78 is 0. The second-order valence-corrected chi connectivity index (χ2v) is 19.3. The smallest absolute Gasteiger partial charge is 0.0159 e. The lowest BCUT2D eigenvalue weighted by atomic mass is 9.74. The summed E-state index contributed by atoms with van der Waals surface area (Å²) in [6.45, 7) is 15.7. The Bertz CT molecular complexity index is 3080. The van der Waals surface area contributed by atoms with Crippen molar-refractivity contribution < 1.29 is 0 Å². The predicted molar refractivity (Wildman–Crippen MR) is 286 cm³/mol. The van der Waals surface area contributed by atoms with E-state index >= 15 is 0 Å². The molecule has 0 aromatic heterocycles. The Morgan fingerprint density at radius 3 is 1.68 bits per heavy atom. The van der Waals surface area contributed by atoms with Gasteiger partial charge in [-0.1, -0.05) is 239 Å². The van der Waals surface area contributed by atoms with E-state index in [4.69, 9.17) is 0 Å². The quantitative estimate of drug-likeness (QED) is 0.150. The maximum atomic E-state index is 2.38. The summed E-state index contributed by atoms with van der Waals surface area (Å²) in [6.07, 6.45) is 5.15. The number of fused-ring (bicyclic) bond motifs is 4. The summed E-state index contributed by atoms with van der Waals surface area (Å²) in [5.41, 5.74) is 23.4. The molecule has 11 rings (SSSR count). The van der Waals surface area contributed by atoms with Crippen molar-refractivity contribution >= 4 is 10.8 Å². The molecule has 0 amide bonds. The topological polar surface area (TPSA) is 0 Å². The molecule has 9 aromatic carbocycles. The molecular formula is C66H64. The summed E-state index contributed by atoms with van der Waals surface area (Å²) in [4.78, 5) is 0. The Labute approximate surface area is 395 Å². The van der Waals surface area contributed by atoms with E-state index in [1.165, 1.54) is 125 Å². The van der Waals surface area contributed by atoms with E-state index < -0.39 is 0 Å². The van der Waals surface area contributed by atoms with Crippen molar-refractivity contribution in [2.45, 2.75) is 91.4 Å². The highest BCUT2D eigenvalue weighted by atomic mass is 14.4. The van der Waals surface area contributed by atoms with Gasteiger partial charge in [0, 0.05) is 5.41 Å². The fourth-order valence-electron chi connectivity index (χ4n) is 10.2. The second-order valence-electron chi connectivity index (χ2n) is 19.3. The van der Waals surface area contributed by atoms with Crippen LogP contribution in [-0.4, -0.2) is 0 Å². The van der Waals surface area contributed by atoms with Crippen LogP contribution in [0.1, 0.15) is 104 Å². The standard InChI is InChI=1S/C30H28.C22H20.C14H16/c1-21-13-15-23(16-14-21)24-17-19-25(20-18-24)28-11-6-12-29(30(28)26-8-5-9-26)27-10-4-3-7-22(27)2;1-15-9-11-18-19-12-10-17(16-7-5-4-6-8-16)14-21(19)22(2,3)20(18)13-15;1-3-11(2)13-10-6-8-12-7-4-5-9-14(12)13/h3-4,6-7,10-20,26H,5,8-9H2,1-2H3;4-14H,1-3H3;4-11H,3H2,1-2H3. The van der Waals surface area contributed by atoms with Crippen molar-refractivity contribution in [3.63, 3.8) is 0 Å². The largest absolute Gasteiger partial charge is 0.0648 e. The zero-order valence-electron chi connectivity index (χ0n) is 40.0. The molecule has 0 saturated heterocycles. The van der Waals surface area contributed by atoms with Crippen LogP contribution in [0.3, 0.4) is 0 Å². The molecule has 2 aliphatic carbocycles. The summed E-state index contributed by atoms with van der Waals surface area (Å²) in [7, 11) is 0. The molecule has 0 heterocycles. The van der Waals surface area contributed by atoms with E-state index in [0.29, 0.717) is 11.8 Å². The van der Waals surface area contributed by atoms with Crippen LogP contribution in [0.5, 0.6) is 0 Å². The molecule has 0 radical (unpaired) electrons. The summed E-state index contributed by atoms with van der Waals surface area (Å²) >= 11 is 0. The maximum absolute atomic E-state index is 2.38. The normalized spacial score (nSPS) is 13.9. The molecule has 9 aromatic rings. The molecule has 0 spiro atoms. The summed E-state index contributed by atoms with van der Waals surface area (Å²) in [6, 6.07) is 73.2. The van der Waals surface area contributed by atoms with Crippen LogP contribution < -0.4 is 0 Å². The molecule has 0 bridgehead atoms. The van der Waals surface area contributed by atoms with Gasteiger partial charge in [-0.25, -0.2) is 0 Å². The van der Waals surface area contributed by atoms with Crippen LogP contribution in [-0.2, 0) is 5.41 Å². The zero-order valence-corrected chi connectivity index (χ0v) is 40.0. The van der Waals surface area contributed by atoms with Gasteiger partial charge in [0.1, 0.15) is 0 Å². The van der Waals surface area contributed by atoms with Gasteiger partial charge in [0.2, 0.25) is 0 Å². The van der Waals surface area contributed by atoms with Crippen LogP contribution in [0, 0.1) is 20.8 Å². The molecule has 66 heavy (non-hydrogen) atoms. The number of hydrogen-bond acceptors (Lipinski definition) is 0. The Morgan fingerprint density at radius 1 is 0.455 bits per heavy atom. The third-order valence-corrected chi connectivity index (χ3v) is 14.5. The van der Waals surface area contributed by atoms with Gasteiger partial charge >= 0.3 is 0 Å². The van der Waals surface area contributed by atoms with E-state index in [-0.39, 0.29) is 5.41 Å². The van der Waals surface area contributed by atoms with Gasteiger partial charge in [0.25, 0.3) is 0 Å². The van der Waals surface area contributed by atoms with Crippen molar-refractivity contribution in [2.75, 3.05) is 0 Å². The lowest BCUT2D eigenvalue weighted by Gasteiger charge is -2.31. The van der Waals surface area contributed by atoms with Crippen LogP contribution in [0.2, 0.25) is 0 Å². The summed E-state index contributed by atoms with van der Waals surface area (Å²) in [5.74, 6) is 1.33. The van der Waals surface area contributed by atoms with Gasteiger partial charge in [-0.2, -0.15) is 0 Å². The molecular weight excluding hydrogens is 793 g/mol. The van der Waals surface area contributed by atoms with Crippen molar-refractivity contribution in [1.82, 2.24) is 0 Å². The highest BCUT2D eigenvalue weighted by Crippen LogP contribution is 2.50. The van der Waals surface area contributed by atoms with Gasteiger partial charge in [0.05, 0.1) is 0 Å². The van der Waals surface area contributed by atoms with Gasteiger partial charge in [0.15, 0.2) is 0 Å². The molecule has 1 atom stereocenters. The number of aryl methyl sites for hydroxylation is 3. The van der Waals surface area contributed by atoms with Crippen LogP contribution in [0.15, 0.2) is 200 Å². The SMILES string of the molecule is CCC(C)c1cccc2ccccc12.Cc1ccc(-c2ccc(-c3cccc(-c4ccccc4C)c3C3CCC3)cc2)cc1.Cc1ccc2c(c1)C(C)(C)c1cc(-c3ccccc3)ccc1-2. The molecule has 0 aliphatic heterocycles. The average Bonchev–Trinajstić information content (AvgIpc) is 3.56. The number of hydrogen-bond donors (Lipinski definition) is 0. The van der Waals surface area contributed by atoms with Crippen molar-refractivity contribution in [2.24, 2.45) is 0 Å². The fourth-order valence-corrected chi connectivity index (χ4v) is 10.2. The number of benzene rings is 9. The third kappa shape index (κ3) is 9.08. The molecule has 328 valence electrons.